The van der Waals surface area contributed by atoms with Gasteiger partial charge in [-0.25, -0.2) is 12.7 Å². The summed E-state index contributed by atoms with van der Waals surface area (Å²) >= 11 is 0. The first-order valence-electron chi connectivity index (χ1n) is 7.30. The number of carbonyl (C=O) groups excluding carboxylic acids is 1. The summed E-state index contributed by atoms with van der Waals surface area (Å²) in [5.74, 6) is -0.868. The maximum absolute atomic E-state index is 13.0. The van der Waals surface area contributed by atoms with Crippen molar-refractivity contribution >= 4 is 21.6 Å². The Morgan fingerprint density at radius 1 is 1.25 bits per heavy atom. The van der Waals surface area contributed by atoms with E-state index in [9.17, 15) is 22.0 Å². The number of amides is 1. The predicted molar refractivity (Wildman–Crippen MR) is 80.4 cm³/mol. The number of nitrogens with zero attached hydrogens (tertiary/aromatic N) is 1. The quantitative estimate of drug-likeness (QED) is 0.883. The molecule has 10 heteroatoms. The summed E-state index contributed by atoms with van der Waals surface area (Å²) in [5.41, 5.74) is 0.311. The Balaban J connectivity index is 1.61. The van der Waals surface area contributed by atoms with Gasteiger partial charge in [-0.1, -0.05) is 0 Å². The molecular formula is C14H16F2N2O5S. The van der Waals surface area contributed by atoms with Crippen molar-refractivity contribution in [2.75, 3.05) is 24.7 Å². The molecule has 1 aromatic carbocycles. The summed E-state index contributed by atoms with van der Waals surface area (Å²) in [6.45, 7) is 0.564. The predicted octanol–water partition coefficient (Wildman–Crippen LogP) is 1.62. The number of nitrogens with one attached hydrogen (secondary N) is 1. The average molecular weight is 362 g/mol. The highest BCUT2D eigenvalue weighted by atomic mass is 32.2. The van der Waals surface area contributed by atoms with Crippen LogP contribution in [0, 0.1) is 5.92 Å². The lowest BCUT2D eigenvalue weighted by Crippen LogP contribution is -2.40. The van der Waals surface area contributed by atoms with Gasteiger partial charge >= 0.3 is 6.29 Å². The van der Waals surface area contributed by atoms with Crippen molar-refractivity contribution in [2.24, 2.45) is 5.92 Å². The molecule has 1 aromatic rings. The second kappa shape index (κ2) is 5.85. The fourth-order valence-electron chi connectivity index (χ4n) is 2.72. The maximum Gasteiger partial charge on any atom is 0.586 e. The number of piperidine rings is 1. The van der Waals surface area contributed by atoms with E-state index in [1.807, 2.05) is 0 Å². The highest BCUT2D eigenvalue weighted by Crippen LogP contribution is 2.42. The highest BCUT2D eigenvalue weighted by molar-refractivity contribution is 7.88. The summed E-state index contributed by atoms with van der Waals surface area (Å²) in [6, 6.07) is 3.99. The Labute approximate surface area is 137 Å². The van der Waals surface area contributed by atoms with E-state index in [0.29, 0.717) is 18.5 Å². The molecule has 0 unspecified atom stereocenters. The van der Waals surface area contributed by atoms with Gasteiger partial charge < -0.3 is 14.8 Å². The molecule has 2 aliphatic rings. The van der Waals surface area contributed by atoms with Gasteiger partial charge in [0, 0.05) is 30.8 Å². The summed E-state index contributed by atoms with van der Waals surface area (Å²) in [7, 11) is -3.25. The molecule has 1 saturated heterocycles. The minimum atomic E-state index is -3.70. The Morgan fingerprint density at radius 3 is 2.50 bits per heavy atom. The van der Waals surface area contributed by atoms with Crippen molar-refractivity contribution in [1.29, 1.82) is 0 Å². The van der Waals surface area contributed by atoms with Crippen LogP contribution in [0.1, 0.15) is 12.8 Å². The fraction of sp³-hybridized carbons (Fsp3) is 0.500. The topological polar surface area (TPSA) is 84.9 Å². The molecule has 0 spiro atoms. The van der Waals surface area contributed by atoms with Crippen LogP contribution in [0.25, 0.3) is 0 Å². The smallest absolute Gasteiger partial charge is 0.395 e. The van der Waals surface area contributed by atoms with Crippen molar-refractivity contribution in [1.82, 2.24) is 4.31 Å². The molecule has 0 bridgehead atoms. The van der Waals surface area contributed by atoms with Crippen molar-refractivity contribution < 1.29 is 31.5 Å². The van der Waals surface area contributed by atoms with Crippen molar-refractivity contribution in [3.8, 4) is 11.5 Å². The Bertz CT molecular complexity index is 760. The summed E-state index contributed by atoms with van der Waals surface area (Å²) in [5, 5.41) is 2.63. The first kappa shape index (κ1) is 16.9. The Kier molecular flexibility index (Phi) is 4.12. The van der Waals surface area contributed by atoms with E-state index in [1.165, 1.54) is 22.5 Å². The molecule has 0 aliphatic carbocycles. The monoisotopic (exact) mass is 362 g/mol. The van der Waals surface area contributed by atoms with Crippen LogP contribution in [0.2, 0.25) is 0 Å². The van der Waals surface area contributed by atoms with Gasteiger partial charge in [0.1, 0.15) is 0 Å². The molecule has 132 valence electrons. The van der Waals surface area contributed by atoms with Crippen LogP contribution in [0.4, 0.5) is 14.5 Å². The molecule has 1 fully saturated rings. The highest BCUT2D eigenvalue weighted by Gasteiger charge is 2.43. The van der Waals surface area contributed by atoms with Gasteiger partial charge in [-0.3, -0.25) is 4.79 Å². The lowest BCUT2D eigenvalue weighted by molar-refractivity contribution is -0.286. The van der Waals surface area contributed by atoms with Gasteiger partial charge in [0.2, 0.25) is 15.9 Å². The third-order valence-corrected chi connectivity index (χ3v) is 5.27. The summed E-state index contributed by atoms with van der Waals surface area (Å²) in [6.07, 6.45) is -1.76. The van der Waals surface area contributed by atoms with Crippen LogP contribution in [-0.2, 0) is 14.8 Å². The number of anilines is 1. The van der Waals surface area contributed by atoms with Crippen LogP contribution in [-0.4, -0.2) is 44.3 Å². The van der Waals surface area contributed by atoms with E-state index < -0.39 is 16.3 Å². The molecule has 0 aromatic heterocycles. The van der Waals surface area contributed by atoms with E-state index in [0.717, 1.165) is 6.26 Å². The number of hydrogen-bond acceptors (Lipinski definition) is 5. The largest absolute Gasteiger partial charge is 0.586 e. The standard InChI is InChI=1S/C14H16F2N2O5S/c1-24(20,21)18-6-4-9(5-7-18)13(19)17-10-2-3-11-12(8-10)23-14(15,16)22-11/h2-3,8-9H,4-7H2,1H3,(H,17,19). The molecule has 2 aliphatic heterocycles. The molecule has 0 radical (unpaired) electrons. The number of ether oxygens (including phenoxy) is 2. The van der Waals surface area contributed by atoms with E-state index in [2.05, 4.69) is 14.8 Å². The molecule has 1 N–H and O–H groups in total. The minimum Gasteiger partial charge on any atom is -0.395 e. The van der Waals surface area contributed by atoms with Crippen molar-refractivity contribution in [3.05, 3.63) is 18.2 Å². The van der Waals surface area contributed by atoms with E-state index >= 15 is 0 Å². The molecule has 0 atom stereocenters. The molecule has 1 amide bonds. The number of carbonyl (C=O) groups is 1. The van der Waals surface area contributed by atoms with Gasteiger partial charge in [-0.2, -0.15) is 0 Å². The van der Waals surface area contributed by atoms with Gasteiger partial charge in [0.25, 0.3) is 0 Å². The van der Waals surface area contributed by atoms with Crippen LogP contribution in [0.15, 0.2) is 18.2 Å². The van der Waals surface area contributed by atoms with Crippen LogP contribution in [0.5, 0.6) is 11.5 Å². The lowest BCUT2D eigenvalue weighted by atomic mass is 9.97. The van der Waals surface area contributed by atoms with Gasteiger partial charge in [0.15, 0.2) is 11.5 Å². The molecule has 3 rings (SSSR count). The lowest BCUT2D eigenvalue weighted by Gasteiger charge is -2.29. The third-order valence-electron chi connectivity index (χ3n) is 3.96. The summed E-state index contributed by atoms with van der Waals surface area (Å²) in [4.78, 5) is 12.3. The molecule has 2 heterocycles. The first-order valence-corrected chi connectivity index (χ1v) is 9.15. The second-order valence-electron chi connectivity index (χ2n) is 5.75. The second-order valence-corrected chi connectivity index (χ2v) is 7.74. The Morgan fingerprint density at radius 2 is 1.88 bits per heavy atom. The number of rotatable bonds is 3. The maximum atomic E-state index is 13.0. The van der Waals surface area contributed by atoms with Crippen LogP contribution < -0.4 is 14.8 Å². The van der Waals surface area contributed by atoms with E-state index in [1.54, 1.807) is 0 Å². The number of fused-ring (bicyclic) bond motifs is 1. The summed E-state index contributed by atoms with van der Waals surface area (Å²) < 4.78 is 58.8. The number of sulfonamides is 1. The number of halogens is 2. The third kappa shape index (κ3) is 3.59. The number of alkyl halides is 2. The van der Waals surface area contributed by atoms with E-state index in [-0.39, 0.29) is 36.4 Å². The molecular weight excluding hydrogens is 346 g/mol. The van der Waals surface area contributed by atoms with Crippen LogP contribution in [0.3, 0.4) is 0 Å². The zero-order chi connectivity index (χ0) is 17.5. The Hall–Kier alpha value is -1.94. The first-order chi connectivity index (χ1) is 11.1. The van der Waals surface area contributed by atoms with E-state index in [4.69, 9.17) is 0 Å². The van der Waals surface area contributed by atoms with Gasteiger partial charge in [-0.15, -0.1) is 8.78 Å². The zero-order valence-electron chi connectivity index (χ0n) is 12.8. The number of hydrogen-bond donors (Lipinski definition) is 1. The van der Waals surface area contributed by atoms with Crippen LogP contribution >= 0.6 is 0 Å². The SMILES string of the molecule is CS(=O)(=O)N1CCC(C(=O)Nc2ccc3c(c2)OC(F)(F)O3)CC1. The normalized spacial score (nSPS) is 20.8. The van der Waals surface area contributed by atoms with Crippen molar-refractivity contribution in [2.45, 2.75) is 19.1 Å². The molecule has 7 nitrogen and oxygen atoms in total. The molecule has 0 saturated carbocycles. The fourth-order valence-corrected chi connectivity index (χ4v) is 3.59. The van der Waals surface area contributed by atoms with Gasteiger partial charge in [0.05, 0.1) is 6.26 Å². The minimum absolute atomic E-state index is 0.0977. The van der Waals surface area contributed by atoms with Gasteiger partial charge in [-0.05, 0) is 25.0 Å². The van der Waals surface area contributed by atoms with Crippen molar-refractivity contribution in [3.63, 3.8) is 0 Å². The number of benzene rings is 1. The molecule has 24 heavy (non-hydrogen) atoms. The zero-order valence-corrected chi connectivity index (χ0v) is 13.6. The average Bonchev–Trinajstić information content (AvgIpc) is 2.79.